The van der Waals surface area contributed by atoms with E-state index in [2.05, 4.69) is 0 Å². The molecule has 0 unspecified atom stereocenters. The molecule has 0 N–H and O–H groups in total. The summed E-state index contributed by atoms with van der Waals surface area (Å²) >= 11 is 0. The van der Waals surface area contributed by atoms with Crippen molar-refractivity contribution in [3.63, 3.8) is 0 Å². The molecule has 1 aliphatic carbocycles. The number of rotatable bonds is 2. The van der Waals surface area contributed by atoms with Crippen LogP contribution in [0, 0.1) is 0 Å². The standard InChI is InChI=1S/C14H22O4/c1-10-5-7-14(18-17-13(2,3)4)8-6-11(15)9-12(14)16-10/h6,8,10,12H,5,7,9H2,1-4H3/t10-,12-,14-/m1/s1. The van der Waals surface area contributed by atoms with Gasteiger partial charge in [-0.1, -0.05) is 0 Å². The molecule has 0 radical (unpaired) electrons. The lowest BCUT2D eigenvalue weighted by atomic mass is 9.81. The summed E-state index contributed by atoms with van der Waals surface area (Å²) in [5.41, 5.74) is -0.981. The molecule has 0 aromatic carbocycles. The van der Waals surface area contributed by atoms with Gasteiger partial charge in [-0.15, -0.1) is 0 Å². The third-order valence-corrected chi connectivity index (χ3v) is 3.27. The molecule has 1 aliphatic heterocycles. The molecule has 1 saturated heterocycles. The van der Waals surface area contributed by atoms with Crippen LogP contribution in [0.25, 0.3) is 0 Å². The van der Waals surface area contributed by atoms with Gasteiger partial charge in [0.1, 0.15) is 11.7 Å². The Morgan fingerprint density at radius 2 is 2.17 bits per heavy atom. The second kappa shape index (κ2) is 4.76. The van der Waals surface area contributed by atoms with Crippen LogP contribution in [0.2, 0.25) is 0 Å². The van der Waals surface area contributed by atoms with Crippen LogP contribution >= 0.6 is 0 Å². The van der Waals surface area contributed by atoms with Gasteiger partial charge in [-0.3, -0.25) is 4.79 Å². The number of carbonyl (C=O) groups is 1. The highest BCUT2D eigenvalue weighted by Crippen LogP contribution is 2.38. The molecule has 18 heavy (non-hydrogen) atoms. The van der Waals surface area contributed by atoms with Crippen LogP contribution in [0.15, 0.2) is 12.2 Å². The number of allylic oxidation sites excluding steroid dienone is 1. The largest absolute Gasteiger partial charge is 0.371 e. The zero-order valence-electron chi connectivity index (χ0n) is 11.6. The van der Waals surface area contributed by atoms with E-state index in [1.165, 1.54) is 0 Å². The molecule has 0 amide bonds. The van der Waals surface area contributed by atoms with Crippen molar-refractivity contribution in [1.29, 1.82) is 0 Å². The maximum Gasteiger partial charge on any atom is 0.158 e. The average molecular weight is 254 g/mol. The van der Waals surface area contributed by atoms with Gasteiger partial charge in [0.15, 0.2) is 5.78 Å². The van der Waals surface area contributed by atoms with Crippen molar-refractivity contribution < 1.29 is 19.3 Å². The highest BCUT2D eigenvalue weighted by molar-refractivity contribution is 5.91. The Morgan fingerprint density at radius 3 is 2.83 bits per heavy atom. The SMILES string of the molecule is C[C@@H]1CC[C@@]2(OOC(C)(C)C)C=CC(=O)C[C@H]2O1. The number of carbonyl (C=O) groups excluding carboxylic acids is 1. The van der Waals surface area contributed by atoms with Gasteiger partial charge in [0.05, 0.1) is 11.7 Å². The van der Waals surface area contributed by atoms with Gasteiger partial charge in [-0.2, -0.15) is 0 Å². The molecule has 0 bridgehead atoms. The molecule has 1 heterocycles. The third-order valence-electron chi connectivity index (χ3n) is 3.27. The summed E-state index contributed by atoms with van der Waals surface area (Å²) in [6.07, 6.45) is 5.42. The van der Waals surface area contributed by atoms with Gasteiger partial charge < -0.3 is 4.74 Å². The first kappa shape index (κ1) is 13.7. The van der Waals surface area contributed by atoms with Crippen molar-refractivity contribution in [3.8, 4) is 0 Å². The zero-order chi connectivity index (χ0) is 13.4. The topological polar surface area (TPSA) is 44.8 Å². The molecule has 1 fully saturated rings. The summed E-state index contributed by atoms with van der Waals surface area (Å²) in [5, 5.41) is 0. The molecule has 4 nitrogen and oxygen atoms in total. The van der Waals surface area contributed by atoms with Crippen molar-refractivity contribution in [1.82, 2.24) is 0 Å². The first-order chi connectivity index (χ1) is 8.31. The van der Waals surface area contributed by atoms with E-state index in [1.54, 1.807) is 12.2 Å². The predicted molar refractivity (Wildman–Crippen MR) is 67.0 cm³/mol. The lowest BCUT2D eigenvalue weighted by Gasteiger charge is -2.44. The molecule has 0 saturated carbocycles. The molecular weight excluding hydrogens is 232 g/mol. The minimum atomic E-state index is -0.603. The van der Waals surface area contributed by atoms with Crippen molar-refractivity contribution in [2.24, 2.45) is 0 Å². The molecule has 2 aliphatic rings. The van der Waals surface area contributed by atoms with Crippen LogP contribution in [0.3, 0.4) is 0 Å². The number of ether oxygens (including phenoxy) is 1. The van der Waals surface area contributed by atoms with Gasteiger partial charge in [0, 0.05) is 6.42 Å². The summed E-state index contributed by atoms with van der Waals surface area (Å²) < 4.78 is 5.85. The highest BCUT2D eigenvalue weighted by atomic mass is 17.2. The lowest BCUT2D eigenvalue weighted by Crippen LogP contribution is -2.53. The van der Waals surface area contributed by atoms with Crippen molar-refractivity contribution in [3.05, 3.63) is 12.2 Å². The normalized spacial score (nSPS) is 36.6. The highest BCUT2D eigenvalue weighted by Gasteiger charge is 2.47. The van der Waals surface area contributed by atoms with E-state index in [1.807, 2.05) is 27.7 Å². The molecule has 0 spiro atoms. The van der Waals surface area contributed by atoms with E-state index >= 15 is 0 Å². The maximum absolute atomic E-state index is 11.5. The van der Waals surface area contributed by atoms with Gasteiger partial charge >= 0.3 is 0 Å². The van der Waals surface area contributed by atoms with Crippen molar-refractivity contribution >= 4 is 5.78 Å². The van der Waals surface area contributed by atoms with E-state index in [9.17, 15) is 4.79 Å². The van der Waals surface area contributed by atoms with E-state index in [0.29, 0.717) is 6.42 Å². The Kier molecular flexibility index (Phi) is 3.63. The van der Waals surface area contributed by atoms with E-state index in [0.717, 1.165) is 12.8 Å². The minimum Gasteiger partial charge on any atom is -0.371 e. The Hall–Kier alpha value is -0.710. The van der Waals surface area contributed by atoms with Gasteiger partial charge in [-0.05, 0) is 52.7 Å². The van der Waals surface area contributed by atoms with E-state index in [4.69, 9.17) is 14.5 Å². The fourth-order valence-corrected chi connectivity index (χ4v) is 2.28. The smallest absolute Gasteiger partial charge is 0.158 e. The molecule has 0 aromatic rings. The maximum atomic E-state index is 11.5. The fourth-order valence-electron chi connectivity index (χ4n) is 2.28. The van der Waals surface area contributed by atoms with Crippen LogP contribution in [0.4, 0.5) is 0 Å². The van der Waals surface area contributed by atoms with Gasteiger partial charge in [0.2, 0.25) is 0 Å². The summed E-state index contributed by atoms with van der Waals surface area (Å²) in [4.78, 5) is 22.6. The lowest BCUT2D eigenvalue weighted by molar-refractivity contribution is -0.416. The quantitative estimate of drug-likeness (QED) is 0.561. The molecule has 0 aromatic heterocycles. The molecule has 4 heteroatoms. The molecule has 102 valence electrons. The average Bonchev–Trinajstić information content (AvgIpc) is 2.26. The monoisotopic (exact) mass is 254 g/mol. The van der Waals surface area contributed by atoms with Crippen molar-refractivity contribution in [2.75, 3.05) is 0 Å². The van der Waals surface area contributed by atoms with Crippen molar-refractivity contribution in [2.45, 2.75) is 70.4 Å². The Balaban J connectivity index is 2.15. The summed E-state index contributed by atoms with van der Waals surface area (Å²) in [5.74, 6) is 0.0871. The Bertz CT molecular complexity index is 355. The summed E-state index contributed by atoms with van der Waals surface area (Å²) in [7, 11) is 0. The first-order valence-electron chi connectivity index (χ1n) is 6.55. The van der Waals surface area contributed by atoms with Gasteiger partial charge in [-0.25, -0.2) is 9.78 Å². The second-order valence-electron chi connectivity index (χ2n) is 6.21. The fraction of sp³-hybridized carbons (Fsp3) is 0.786. The van der Waals surface area contributed by atoms with Gasteiger partial charge in [0.25, 0.3) is 0 Å². The third kappa shape index (κ3) is 2.99. The van der Waals surface area contributed by atoms with E-state index in [-0.39, 0.29) is 23.6 Å². The number of hydrogen-bond acceptors (Lipinski definition) is 4. The second-order valence-corrected chi connectivity index (χ2v) is 6.21. The predicted octanol–water partition coefficient (Wildman–Crippen LogP) is 2.57. The summed E-state index contributed by atoms with van der Waals surface area (Å²) in [6.45, 7) is 7.82. The van der Waals surface area contributed by atoms with Crippen LogP contribution in [0.1, 0.15) is 47.0 Å². The van der Waals surface area contributed by atoms with Crippen LogP contribution in [-0.2, 0) is 19.3 Å². The van der Waals surface area contributed by atoms with Crippen LogP contribution < -0.4 is 0 Å². The molecule has 2 rings (SSSR count). The number of fused-ring (bicyclic) bond motifs is 1. The first-order valence-corrected chi connectivity index (χ1v) is 6.55. The minimum absolute atomic E-state index is 0.0871. The van der Waals surface area contributed by atoms with Crippen LogP contribution in [-0.4, -0.2) is 29.2 Å². The Labute approximate surface area is 108 Å². The number of ketones is 1. The zero-order valence-corrected chi connectivity index (χ0v) is 11.6. The molecular formula is C14H22O4. The Morgan fingerprint density at radius 1 is 1.44 bits per heavy atom. The number of hydrogen-bond donors (Lipinski definition) is 0. The molecule has 3 atom stereocenters. The van der Waals surface area contributed by atoms with Crippen LogP contribution in [0.5, 0.6) is 0 Å². The summed E-state index contributed by atoms with van der Waals surface area (Å²) in [6, 6.07) is 0. The van der Waals surface area contributed by atoms with E-state index < -0.39 is 5.60 Å².